The Balaban J connectivity index is 4.45. The minimum absolute atomic E-state index is 0.0669. The van der Waals surface area contributed by atoms with E-state index in [4.69, 9.17) is 18.9 Å². The summed E-state index contributed by atoms with van der Waals surface area (Å²) in [7, 11) is 0. The van der Waals surface area contributed by atoms with Crippen LogP contribution in [0, 0.1) is 0 Å². The van der Waals surface area contributed by atoms with Gasteiger partial charge in [-0.1, -0.05) is 0 Å². The Kier molecular flexibility index (Phi) is 9.96. The van der Waals surface area contributed by atoms with Crippen molar-refractivity contribution >= 4 is 18.0 Å². The van der Waals surface area contributed by atoms with E-state index in [0.29, 0.717) is 0 Å². The molecule has 0 aromatic rings. The zero-order valence-corrected chi connectivity index (χ0v) is 14.5. The average molecular weight is 333 g/mol. The van der Waals surface area contributed by atoms with Gasteiger partial charge < -0.3 is 18.9 Å². The molecule has 23 heavy (non-hydrogen) atoms. The Morgan fingerprint density at radius 1 is 0.957 bits per heavy atom. The number of nitrogens with zero attached hydrogens (tertiary/aromatic N) is 1. The number of carbonyl (C=O) groups is 3. The Hall–Kier alpha value is -1.83. The van der Waals surface area contributed by atoms with Gasteiger partial charge in [0.05, 0.1) is 19.8 Å². The summed E-state index contributed by atoms with van der Waals surface area (Å²) in [5, 5.41) is 0. The second kappa shape index (κ2) is 10.8. The lowest BCUT2D eigenvalue weighted by molar-refractivity contribution is -0.149. The number of amides is 1. The van der Waals surface area contributed by atoms with Gasteiger partial charge in [-0.05, 0) is 34.6 Å². The molecule has 0 unspecified atom stereocenters. The molecule has 0 saturated heterocycles. The van der Waals surface area contributed by atoms with E-state index < -0.39 is 23.6 Å². The van der Waals surface area contributed by atoms with Crippen molar-refractivity contribution in [2.75, 3.05) is 39.5 Å². The Labute approximate surface area is 137 Å². The fourth-order valence-electron chi connectivity index (χ4n) is 1.46. The number of esters is 2. The van der Waals surface area contributed by atoms with Gasteiger partial charge in [0.2, 0.25) is 0 Å². The van der Waals surface area contributed by atoms with E-state index in [1.807, 2.05) is 0 Å². The molecule has 0 aliphatic carbocycles. The molecule has 0 aliphatic rings. The molecule has 0 aromatic heterocycles. The van der Waals surface area contributed by atoms with Gasteiger partial charge in [0.15, 0.2) is 0 Å². The first kappa shape index (κ1) is 21.2. The van der Waals surface area contributed by atoms with Crippen LogP contribution < -0.4 is 0 Å². The van der Waals surface area contributed by atoms with Crippen LogP contribution in [0.3, 0.4) is 0 Å². The van der Waals surface area contributed by atoms with Gasteiger partial charge in [0.1, 0.15) is 18.8 Å². The maximum absolute atomic E-state index is 12.1. The molecule has 0 aliphatic heterocycles. The van der Waals surface area contributed by atoms with Crippen molar-refractivity contribution in [2.45, 2.75) is 40.2 Å². The summed E-state index contributed by atoms with van der Waals surface area (Å²) < 4.78 is 19.9. The SMILES string of the molecule is CCOC(=O)COCCN(CC(=O)OCC)C(=O)OC(C)(C)C. The largest absolute Gasteiger partial charge is 0.465 e. The van der Waals surface area contributed by atoms with Gasteiger partial charge in [-0.15, -0.1) is 0 Å². The van der Waals surface area contributed by atoms with Crippen molar-refractivity contribution < 1.29 is 33.3 Å². The van der Waals surface area contributed by atoms with Gasteiger partial charge in [-0.25, -0.2) is 9.59 Å². The van der Waals surface area contributed by atoms with E-state index in [1.165, 1.54) is 4.90 Å². The fraction of sp³-hybridized carbons (Fsp3) is 0.800. The fourth-order valence-corrected chi connectivity index (χ4v) is 1.46. The van der Waals surface area contributed by atoms with Gasteiger partial charge in [-0.2, -0.15) is 0 Å². The van der Waals surface area contributed by atoms with E-state index in [1.54, 1.807) is 34.6 Å². The first-order valence-electron chi connectivity index (χ1n) is 7.56. The number of hydrogen-bond acceptors (Lipinski definition) is 7. The van der Waals surface area contributed by atoms with Crippen molar-refractivity contribution in [2.24, 2.45) is 0 Å². The quantitative estimate of drug-likeness (QED) is 0.357. The molecule has 8 nitrogen and oxygen atoms in total. The molecule has 0 radical (unpaired) electrons. The van der Waals surface area contributed by atoms with E-state index in [9.17, 15) is 14.4 Å². The Morgan fingerprint density at radius 3 is 2.04 bits per heavy atom. The molecule has 8 heteroatoms. The van der Waals surface area contributed by atoms with Crippen molar-refractivity contribution in [3.63, 3.8) is 0 Å². The maximum atomic E-state index is 12.1. The third-order valence-electron chi connectivity index (χ3n) is 2.31. The molecule has 0 aromatic carbocycles. The number of hydrogen-bond donors (Lipinski definition) is 0. The van der Waals surface area contributed by atoms with E-state index in [0.717, 1.165) is 0 Å². The highest BCUT2D eigenvalue weighted by molar-refractivity contribution is 5.78. The second-order valence-corrected chi connectivity index (χ2v) is 5.56. The van der Waals surface area contributed by atoms with Crippen LogP contribution in [0.5, 0.6) is 0 Å². The highest BCUT2D eigenvalue weighted by atomic mass is 16.6. The van der Waals surface area contributed by atoms with Crippen LogP contribution in [-0.4, -0.2) is 68.0 Å². The zero-order valence-electron chi connectivity index (χ0n) is 14.5. The molecule has 0 heterocycles. The molecule has 0 atom stereocenters. The third kappa shape index (κ3) is 11.4. The predicted octanol–water partition coefficient (Wildman–Crippen LogP) is 1.37. The summed E-state index contributed by atoms with van der Waals surface area (Å²) in [4.78, 5) is 36.0. The van der Waals surface area contributed by atoms with Crippen molar-refractivity contribution in [3.8, 4) is 0 Å². The normalized spacial score (nSPS) is 10.8. The lowest BCUT2D eigenvalue weighted by Crippen LogP contribution is -2.42. The predicted molar refractivity (Wildman–Crippen MR) is 81.9 cm³/mol. The molecular formula is C15H27NO7. The lowest BCUT2D eigenvalue weighted by atomic mass is 10.2. The molecule has 0 bridgehead atoms. The van der Waals surface area contributed by atoms with Crippen molar-refractivity contribution in [1.29, 1.82) is 0 Å². The van der Waals surface area contributed by atoms with Crippen LogP contribution >= 0.6 is 0 Å². The average Bonchev–Trinajstić information content (AvgIpc) is 2.40. The van der Waals surface area contributed by atoms with E-state index in [2.05, 4.69) is 0 Å². The van der Waals surface area contributed by atoms with Crippen LogP contribution in [0.15, 0.2) is 0 Å². The van der Waals surface area contributed by atoms with Crippen LogP contribution in [0.4, 0.5) is 4.79 Å². The van der Waals surface area contributed by atoms with E-state index in [-0.39, 0.29) is 39.5 Å². The second-order valence-electron chi connectivity index (χ2n) is 5.56. The minimum atomic E-state index is -0.685. The molecule has 0 fully saturated rings. The highest BCUT2D eigenvalue weighted by Gasteiger charge is 2.24. The minimum Gasteiger partial charge on any atom is -0.465 e. The van der Waals surface area contributed by atoms with Crippen molar-refractivity contribution in [3.05, 3.63) is 0 Å². The Bertz CT molecular complexity index is 390. The first-order valence-corrected chi connectivity index (χ1v) is 7.56. The van der Waals surface area contributed by atoms with Crippen LogP contribution in [0.25, 0.3) is 0 Å². The molecule has 1 amide bonds. The summed E-state index contributed by atoms with van der Waals surface area (Å²) in [6.45, 7) is 8.75. The number of ether oxygens (including phenoxy) is 4. The molecule has 0 saturated carbocycles. The summed E-state index contributed by atoms with van der Waals surface area (Å²) in [6, 6.07) is 0. The standard InChI is InChI=1S/C15H27NO7/c1-6-21-12(17)10-16(14(19)23-15(3,4)5)8-9-20-11-13(18)22-7-2/h6-11H2,1-5H3. The molecule has 0 N–H and O–H groups in total. The summed E-state index contributed by atoms with van der Waals surface area (Å²) in [6.07, 6.45) is -0.648. The molecular weight excluding hydrogens is 306 g/mol. The highest BCUT2D eigenvalue weighted by Crippen LogP contribution is 2.10. The monoisotopic (exact) mass is 333 g/mol. The maximum Gasteiger partial charge on any atom is 0.410 e. The molecule has 0 spiro atoms. The van der Waals surface area contributed by atoms with Crippen LogP contribution in [0.2, 0.25) is 0 Å². The summed E-state index contributed by atoms with van der Waals surface area (Å²) >= 11 is 0. The topological polar surface area (TPSA) is 91.4 Å². The number of rotatable bonds is 9. The van der Waals surface area contributed by atoms with Gasteiger partial charge >= 0.3 is 18.0 Å². The van der Waals surface area contributed by atoms with Crippen molar-refractivity contribution in [1.82, 2.24) is 4.90 Å². The first-order chi connectivity index (χ1) is 10.7. The lowest BCUT2D eigenvalue weighted by Gasteiger charge is -2.26. The molecule has 134 valence electrons. The number of carbonyl (C=O) groups excluding carboxylic acids is 3. The summed E-state index contributed by atoms with van der Waals surface area (Å²) in [5.41, 5.74) is -0.685. The summed E-state index contributed by atoms with van der Waals surface area (Å²) in [5.74, 6) is -1.02. The molecule has 0 rings (SSSR count). The van der Waals surface area contributed by atoms with Gasteiger partial charge in [-0.3, -0.25) is 9.69 Å². The van der Waals surface area contributed by atoms with Gasteiger partial charge in [0, 0.05) is 6.54 Å². The third-order valence-corrected chi connectivity index (χ3v) is 2.31. The van der Waals surface area contributed by atoms with Gasteiger partial charge in [0.25, 0.3) is 0 Å². The van der Waals surface area contributed by atoms with Crippen LogP contribution in [-0.2, 0) is 28.5 Å². The Morgan fingerprint density at radius 2 is 1.52 bits per heavy atom. The smallest absolute Gasteiger partial charge is 0.410 e. The zero-order chi connectivity index (χ0) is 17.9. The van der Waals surface area contributed by atoms with Crippen LogP contribution in [0.1, 0.15) is 34.6 Å². The van der Waals surface area contributed by atoms with E-state index >= 15 is 0 Å².